The quantitative estimate of drug-likeness (QED) is 0.776. The van der Waals surface area contributed by atoms with Gasteiger partial charge in [-0.25, -0.2) is 0 Å². The van der Waals surface area contributed by atoms with Crippen LogP contribution in [0.1, 0.15) is 40.0 Å². The maximum atomic E-state index is 5.66. The zero-order valence-electron chi connectivity index (χ0n) is 12.6. The van der Waals surface area contributed by atoms with Gasteiger partial charge in [0, 0.05) is 18.3 Å². The summed E-state index contributed by atoms with van der Waals surface area (Å²) in [6.07, 6.45) is 3.84. The third-order valence-corrected chi connectivity index (χ3v) is 5.04. The average Bonchev–Trinajstić information content (AvgIpc) is 2.60. The van der Waals surface area contributed by atoms with Crippen molar-refractivity contribution in [2.24, 2.45) is 10.8 Å². The van der Waals surface area contributed by atoms with Crippen molar-refractivity contribution in [2.75, 3.05) is 11.9 Å². The predicted octanol–water partition coefficient (Wildman–Crippen LogP) is 4.28. The second kappa shape index (κ2) is 4.73. The maximum Gasteiger partial charge on any atom is 0.173 e. The molecule has 2 fully saturated rings. The van der Waals surface area contributed by atoms with E-state index < -0.39 is 0 Å². The average molecular weight is 288 g/mol. The Kier molecular flexibility index (Phi) is 3.28. The summed E-state index contributed by atoms with van der Waals surface area (Å²) in [5, 5.41) is 4.29. The minimum absolute atomic E-state index is 0.425. The number of nitrogens with one attached hydrogen (secondary N) is 1. The second-order valence-corrected chi connectivity index (χ2v) is 8.02. The molecule has 0 unspecified atom stereocenters. The SMILES string of the molecule is CC1(C)C[C@@H]2C[C@](C)(CN2C(=S)Nc2ccccc2)C1. The van der Waals surface area contributed by atoms with Crippen molar-refractivity contribution in [3.8, 4) is 0 Å². The summed E-state index contributed by atoms with van der Waals surface area (Å²) in [4.78, 5) is 2.43. The van der Waals surface area contributed by atoms with Gasteiger partial charge in [-0.15, -0.1) is 0 Å². The number of anilines is 1. The van der Waals surface area contributed by atoms with E-state index in [0.717, 1.165) is 17.3 Å². The highest BCUT2D eigenvalue weighted by Gasteiger charge is 2.50. The first-order valence-electron chi connectivity index (χ1n) is 7.50. The van der Waals surface area contributed by atoms with Gasteiger partial charge < -0.3 is 10.2 Å². The fourth-order valence-electron chi connectivity index (χ4n) is 4.41. The summed E-state index contributed by atoms with van der Waals surface area (Å²) in [6, 6.07) is 10.9. The molecule has 1 aliphatic heterocycles. The molecule has 2 aliphatic rings. The molecule has 1 saturated carbocycles. The lowest BCUT2D eigenvalue weighted by Gasteiger charge is -2.39. The van der Waals surface area contributed by atoms with Crippen LogP contribution in [0.5, 0.6) is 0 Å². The van der Waals surface area contributed by atoms with Gasteiger partial charge in [0.05, 0.1) is 0 Å². The molecular weight excluding hydrogens is 264 g/mol. The lowest BCUT2D eigenvalue weighted by Crippen LogP contribution is -2.39. The van der Waals surface area contributed by atoms with Crippen molar-refractivity contribution >= 4 is 23.0 Å². The van der Waals surface area contributed by atoms with E-state index in [-0.39, 0.29) is 0 Å². The zero-order chi connectivity index (χ0) is 14.4. The summed E-state index contributed by atoms with van der Waals surface area (Å²) in [6.45, 7) is 8.31. The summed E-state index contributed by atoms with van der Waals surface area (Å²) in [7, 11) is 0. The van der Waals surface area contributed by atoms with E-state index in [1.165, 1.54) is 19.3 Å². The standard InChI is InChI=1S/C17H24N2S/c1-16(2)9-14-10-17(3,11-16)12-19(14)15(20)18-13-7-5-4-6-8-13/h4-8,14H,9-12H2,1-3H3,(H,18,20)/t14-,17+/m1/s1. The van der Waals surface area contributed by atoms with E-state index in [9.17, 15) is 0 Å². The van der Waals surface area contributed by atoms with Crippen LogP contribution in [0.4, 0.5) is 5.69 Å². The number of para-hydroxylation sites is 1. The summed E-state index contributed by atoms with van der Waals surface area (Å²) in [5.41, 5.74) is 1.95. The molecule has 3 heteroatoms. The van der Waals surface area contributed by atoms with Crippen LogP contribution in [0.15, 0.2) is 30.3 Å². The predicted molar refractivity (Wildman–Crippen MR) is 88.9 cm³/mol. The topological polar surface area (TPSA) is 15.3 Å². The third kappa shape index (κ3) is 2.69. The van der Waals surface area contributed by atoms with Gasteiger partial charge >= 0.3 is 0 Å². The molecule has 1 aromatic carbocycles. The molecule has 20 heavy (non-hydrogen) atoms. The fraction of sp³-hybridized carbons (Fsp3) is 0.588. The van der Waals surface area contributed by atoms with Gasteiger partial charge in [-0.1, -0.05) is 39.0 Å². The van der Waals surface area contributed by atoms with Gasteiger partial charge in [0.15, 0.2) is 5.11 Å². The fourth-order valence-corrected chi connectivity index (χ4v) is 4.75. The largest absolute Gasteiger partial charge is 0.345 e. The van der Waals surface area contributed by atoms with Crippen molar-refractivity contribution in [1.82, 2.24) is 4.90 Å². The molecular formula is C17H24N2S. The lowest BCUT2D eigenvalue weighted by atomic mass is 9.65. The molecule has 1 N–H and O–H groups in total. The van der Waals surface area contributed by atoms with Crippen molar-refractivity contribution in [3.63, 3.8) is 0 Å². The molecule has 0 aromatic heterocycles. The van der Waals surface area contributed by atoms with Gasteiger partial charge in [0.2, 0.25) is 0 Å². The maximum absolute atomic E-state index is 5.66. The number of likely N-dealkylation sites (tertiary alicyclic amines) is 1. The van der Waals surface area contributed by atoms with Crippen LogP contribution in [0.25, 0.3) is 0 Å². The van der Waals surface area contributed by atoms with Gasteiger partial charge in [0.1, 0.15) is 0 Å². The smallest absolute Gasteiger partial charge is 0.173 e. The van der Waals surface area contributed by atoms with Gasteiger partial charge in [-0.3, -0.25) is 0 Å². The molecule has 2 bridgehead atoms. The van der Waals surface area contributed by atoms with Crippen molar-refractivity contribution in [1.29, 1.82) is 0 Å². The van der Waals surface area contributed by atoms with Crippen molar-refractivity contribution in [2.45, 2.75) is 46.1 Å². The van der Waals surface area contributed by atoms with Crippen LogP contribution in [-0.2, 0) is 0 Å². The van der Waals surface area contributed by atoms with Gasteiger partial charge in [0.25, 0.3) is 0 Å². The number of nitrogens with zero attached hydrogens (tertiary/aromatic N) is 1. The van der Waals surface area contributed by atoms with Crippen LogP contribution in [0, 0.1) is 10.8 Å². The summed E-state index contributed by atoms with van der Waals surface area (Å²) in [5.74, 6) is 0. The van der Waals surface area contributed by atoms with Crippen LogP contribution in [0.3, 0.4) is 0 Å². The lowest BCUT2D eigenvalue weighted by molar-refractivity contribution is 0.132. The van der Waals surface area contributed by atoms with Crippen LogP contribution >= 0.6 is 12.2 Å². The minimum atomic E-state index is 0.425. The first kappa shape index (κ1) is 13.9. The Morgan fingerprint density at radius 1 is 1.20 bits per heavy atom. The van der Waals surface area contributed by atoms with E-state index in [0.29, 0.717) is 16.9 Å². The monoisotopic (exact) mass is 288 g/mol. The van der Waals surface area contributed by atoms with Crippen LogP contribution in [-0.4, -0.2) is 22.6 Å². The molecule has 1 saturated heterocycles. The normalized spacial score (nSPS) is 31.1. The Morgan fingerprint density at radius 3 is 2.60 bits per heavy atom. The van der Waals surface area contributed by atoms with Crippen molar-refractivity contribution < 1.29 is 0 Å². The third-order valence-electron chi connectivity index (χ3n) is 4.70. The Hall–Kier alpha value is -1.09. The first-order valence-corrected chi connectivity index (χ1v) is 7.91. The highest BCUT2D eigenvalue weighted by Crippen LogP contribution is 2.52. The van der Waals surface area contributed by atoms with Gasteiger partial charge in [-0.05, 0) is 54.4 Å². The highest BCUT2D eigenvalue weighted by atomic mass is 32.1. The van der Waals surface area contributed by atoms with E-state index >= 15 is 0 Å². The molecule has 1 heterocycles. The summed E-state index contributed by atoms with van der Waals surface area (Å²) < 4.78 is 0. The van der Waals surface area contributed by atoms with E-state index in [4.69, 9.17) is 12.2 Å². The Morgan fingerprint density at radius 2 is 1.90 bits per heavy atom. The molecule has 2 nitrogen and oxygen atoms in total. The minimum Gasteiger partial charge on any atom is -0.345 e. The Labute approximate surface area is 127 Å². The number of benzene rings is 1. The first-order chi connectivity index (χ1) is 9.37. The van der Waals surface area contributed by atoms with E-state index in [1.54, 1.807) is 0 Å². The van der Waals surface area contributed by atoms with Crippen LogP contribution in [0.2, 0.25) is 0 Å². The molecule has 1 aliphatic carbocycles. The van der Waals surface area contributed by atoms with E-state index in [2.05, 4.69) is 43.1 Å². The molecule has 0 amide bonds. The van der Waals surface area contributed by atoms with Crippen molar-refractivity contribution in [3.05, 3.63) is 30.3 Å². The molecule has 3 rings (SSSR count). The highest BCUT2D eigenvalue weighted by molar-refractivity contribution is 7.80. The molecule has 2 atom stereocenters. The van der Waals surface area contributed by atoms with E-state index in [1.807, 2.05) is 18.2 Å². The summed E-state index contributed by atoms with van der Waals surface area (Å²) >= 11 is 5.66. The molecule has 108 valence electrons. The van der Waals surface area contributed by atoms with Gasteiger partial charge in [-0.2, -0.15) is 0 Å². The number of thiocarbonyl (C=S) groups is 1. The number of fused-ring (bicyclic) bond motifs is 2. The molecule has 0 radical (unpaired) electrons. The number of rotatable bonds is 1. The Balaban J connectivity index is 1.74. The molecule has 0 spiro atoms. The molecule has 1 aromatic rings. The number of hydrogen-bond acceptors (Lipinski definition) is 1. The Bertz CT molecular complexity index is 511. The number of hydrogen-bond donors (Lipinski definition) is 1. The second-order valence-electron chi connectivity index (χ2n) is 7.64. The van der Waals surface area contributed by atoms with Crippen LogP contribution < -0.4 is 5.32 Å². The zero-order valence-corrected chi connectivity index (χ0v) is 13.5.